The van der Waals surface area contributed by atoms with Crippen LogP contribution in [0, 0.1) is 0 Å². The summed E-state index contributed by atoms with van der Waals surface area (Å²) in [5.41, 5.74) is 0.487. The van der Waals surface area contributed by atoms with E-state index in [1.165, 1.54) is 29.6 Å². The summed E-state index contributed by atoms with van der Waals surface area (Å²) in [5, 5.41) is 1.64. The summed E-state index contributed by atoms with van der Waals surface area (Å²) < 4.78 is 62.9. The molecule has 0 radical (unpaired) electrons. The van der Waals surface area contributed by atoms with Crippen LogP contribution in [0.5, 0.6) is 0 Å². The third kappa shape index (κ3) is 5.25. The standard InChI is InChI=1S/C18H22N2O7S3/c1-19(30(24,25)18-6-3-11-28-18)13-17(21)27-14-15-4-2-5-16(12-15)29(22,23)20-7-9-26-10-8-20/h2-6,11-12H,7-10,13-14H2,1H3. The number of hydrogen-bond acceptors (Lipinski definition) is 8. The zero-order valence-electron chi connectivity index (χ0n) is 16.3. The van der Waals surface area contributed by atoms with Crippen LogP contribution in [0.4, 0.5) is 0 Å². The SMILES string of the molecule is CN(CC(=O)OCc1cccc(S(=O)(=O)N2CCOCC2)c1)S(=O)(=O)c1cccs1. The summed E-state index contributed by atoms with van der Waals surface area (Å²) in [7, 11) is -6.12. The Labute approximate surface area is 179 Å². The largest absolute Gasteiger partial charge is 0.460 e. The minimum Gasteiger partial charge on any atom is -0.460 e. The summed E-state index contributed by atoms with van der Waals surface area (Å²) in [4.78, 5) is 12.2. The van der Waals surface area contributed by atoms with Crippen molar-refractivity contribution in [3.8, 4) is 0 Å². The van der Waals surface area contributed by atoms with Crippen LogP contribution in [-0.4, -0.2) is 71.3 Å². The van der Waals surface area contributed by atoms with E-state index < -0.39 is 32.6 Å². The summed E-state index contributed by atoms with van der Waals surface area (Å²) >= 11 is 1.06. The molecule has 1 aliphatic rings. The molecule has 2 aromatic rings. The lowest BCUT2D eigenvalue weighted by Crippen LogP contribution is -2.40. The molecule has 2 heterocycles. The topological polar surface area (TPSA) is 110 Å². The molecule has 1 aromatic carbocycles. The molecule has 0 N–H and O–H groups in total. The Bertz CT molecular complexity index is 1080. The zero-order chi connectivity index (χ0) is 21.8. The number of likely N-dealkylation sites (N-methyl/N-ethyl adjacent to an activating group) is 1. The number of hydrogen-bond donors (Lipinski definition) is 0. The monoisotopic (exact) mass is 474 g/mol. The van der Waals surface area contributed by atoms with Crippen LogP contribution in [0.15, 0.2) is 50.9 Å². The normalized spacial score (nSPS) is 15.9. The van der Waals surface area contributed by atoms with Gasteiger partial charge < -0.3 is 9.47 Å². The third-order valence-electron chi connectivity index (χ3n) is 4.42. The van der Waals surface area contributed by atoms with Crippen LogP contribution in [0.1, 0.15) is 5.56 Å². The minimum atomic E-state index is -3.76. The van der Waals surface area contributed by atoms with Gasteiger partial charge >= 0.3 is 5.97 Å². The first-order valence-electron chi connectivity index (χ1n) is 9.03. The smallest absolute Gasteiger partial charge is 0.321 e. The number of rotatable bonds is 8. The lowest BCUT2D eigenvalue weighted by atomic mass is 10.2. The van der Waals surface area contributed by atoms with Crippen molar-refractivity contribution in [2.45, 2.75) is 15.7 Å². The van der Waals surface area contributed by atoms with Crippen molar-refractivity contribution in [1.29, 1.82) is 0 Å². The van der Waals surface area contributed by atoms with Gasteiger partial charge in [-0.2, -0.15) is 8.61 Å². The van der Waals surface area contributed by atoms with Crippen LogP contribution in [-0.2, 0) is 40.9 Å². The maximum Gasteiger partial charge on any atom is 0.321 e. The summed E-state index contributed by atoms with van der Waals surface area (Å²) in [6.07, 6.45) is 0. The maximum atomic E-state index is 12.7. The fourth-order valence-corrected chi connectivity index (χ4v) is 6.57. The second kappa shape index (κ2) is 9.54. The van der Waals surface area contributed by atoms with Gasteiger partial charge in [0, 0.05) is 20.1 Å². The fraction of sp³-hybridized carbons (Fsp3) is 0.389. The lowest BCUT2D eigenvalue weighted by molar-refractivity contribution is -0.144. The van der Waals surface area contributed by atoms with Gasteiger partial charge in [-0.1, -0.05) is 18.2 Å². The third-order valence-corrected chi connectivity index (χ3v) is 9.49. The maximum absolute atomic E-state index is 12.7. The van der Waals surface area contributed by atoms with E-state index in [4.69, 9.17) is 9.47 Å². The molecule has 1 saturated heterocycles. The van der Waals surface area contributed by atoms with Crippen LogP contribution in [0.2, 0.25) is 0 Å². The molecule has 0 spiro atoms. The van der Waals surface area contributed by atoms with Gasteiger partial charge in [0.2, 0.25) is 10.0 Å². The van der Waals surface area contributed by atoms with Gasteiger partial charge in [0.05, 0.1) is 18.1 Å². The minimum absolute atomic E-state index is 0.107. The van der Waals surface area contributed by atoms with Gasteiger partial charge in [-0.25, -0.2) is 16.8 Å². The first-order chi connectivity index (χ1) is 14.2. The molecule has 164 valence electrons. The van der Waals surface area contributed by atoms with Crippen molar-refractivity contribution >= 4 is 37.4 Å². The molecule has 0 unspecified atom stereocenters. The Hall–Kier alpha value is -1.83. The van der Waals surface area contributed by atoms with Crippen molar-refractivity contribution in [2.75, 3.05) is 39.9 Å². The predicted molar refractivity (Wildman–Crippen MR) is 110 cm³/mol. The molecule has 1 aliphatic heterocycles. The number of morpholine rings is 1. The number of thiophene rings is 1. The second-order valence-electron chi connectivity index (χ2n) is 6.52. The van der Waals surface area contributed by atoms with Gasteiger partial charge in [0.1, 0.15) is 17.4 Å². The number of esters is 1. The van der Waals surface area contributed by atoms with Crippen molar-refractivity contribution < 1.29 is 31.1 Å². The number of benzene rings is 1. The Morgan fingerprint density at radius 2 is 1.90 bits per heavy atom. The zero-order valence-corrected chi connectivity index (χ0v) is 18.7. The summed E-state index contributed by atoms with van der Waals surface area (Å²) in [5.74, 6) is -0.737. The molecule has 0 atom stereocenters. The molecule has 30 heavy (non-hydrogen) atoms. The number of nitrogens with zero attached hydrogens (tertiary/aromatic N) is 2. The highest BCUT2D eigenvalue weighted by atomic mass is 32.2. The predicted octanol–water partition coefficient (Wildman–Crippen LogP) is 1.13. The molecule has 0 amide bonds. The van der Waals surface area contributed by atoms with Crippen molar-refractivity contribution in [2.24, 2.45) is 0 Å². The molecular weight excluding hydrogens is 452 g/mol. The summed E-state index contributed by atoms with van der Waals surface area (Å²) in [6.45, 7) is 0.639. The number of ether oxygens (including phenoxy) is 2. The highest BCUT2D eigenvalue weighted by molar-refractivity contribution is 7.91. The molecule has 0 saturated carbocycles. The Kier molecular flexibility index (Phi) is 7.26. The Morgan fingerprint density at radius 1 is 1.17 bits per heavy atom. The molecule has 1 aromatic heterocycles. The first kappa shape index (κ1) is 22.8. The van der Waals surface area contributed by atoms with E-state index in [2.05, 4.69) is 0 Å². The fourth-order valence-electron chi connectivity index (χ4n) is 2.77. The highest BCUT2D eigenvalue weighted by Crippen LogP contribution is 2.20. The van der Waals surface area contributed by atoms with Crippen LogP contribution in [0.3, 0.4) is 0 Å². The van der Waals surface area contributed by atoms with Crippen LogP contribution < -0.4 is 0 Å². The molecular formula is C18H22N2O7S3. The van der Waals surface area contributed by atoms with Crippen molar-refractivity contribution in [1.82, 2.24) is 8.61 Å². The Morgan fingerprint density at radius 3 is 2.57 bits per heavy atom. The van der Waals surface area contributed by atoms with Gasteiger partial charge in [0.15, 0.2) is 0 Å². The van der Waals surface area contributed by atoms with Gasteiger partial charge in [-0.3, -0.25) is 4.79 Å². The van der Waals surface area contributed by atoms with E-state index in [0.29, 0.717) is 18.8 Å². The van der Waals surface area contributed by atoms with Crippen LogP contribution >= 0.6 is 11.3 Å². The van der Waals surface area contributed by atoms with Gasteiger partial charge in [0.25, 0.3) is 10.0 Å². The average Bonchev–Trinajstić information content (AvgIpc) is 3.29. The van der Waals surface area contributed by atoms with Crippen LogP contribution in [0.25, 0.3) is 0 Å². The number of sulfonamides is 2. The molecule has 9 nitrogen and oxygen atoms in total. The molecule has 12 heteroatoms. The molecule has 3 rings (SSSR count). The highest BCUT2D eigenvalue weighted by Gasteiger charge is 2.27. The van der Waals surface area contributed by atoms with E-state index >= 15 is 0 Å². The molecule has 1 fully saturated rings. The van der Waals surface area contributed by atoms with E-state index in [0.717, 1.165) is 15.6 Å². The van der Waals surface area contributed by atoms with E-state index in [1.807, 2.05) is 0 Å². The summed E-state index contributed by atoms with van der Waals surface area (Å²) in [6, 6.07) is 9.22. The second-order valence-corrected chi connectivity index (χ2v) is 11.7. The number of carbonyl (C=O) groups is 1. The van der Waals surface area contributed by atoms with Crippen molar-refractivity contribution in [3.63, 3.8) is 0 Å². The number of carbonyl (C=O) groups excluding carboxylic acids is 1. The van der Waals surface area contributed by atoms with E-state index in [9.17, 15) is 21.6 Å². The van der Waals surface area contributed by atoms with Gasteiger partial charge in [-0.05, 0) is 29.1 Å². The average molecular weight is 475 g/mol. The van der Waals surface area contributed by atoms with E-state index in [-0.39, 0.29) is 28.8 Å². The Balaban J connectivity index is 1.61. The molecule has 0 aliphatic carbocycles. The van der Waals surface area contributed by atoms with E-state index in [1.54, 1.807) is 23.6 Å². The quantitative estimate of drug-likeness (QED) is 0.528. The lowest BCUT2D eigenvalue weighted by Gasteiger charge is -2.26. The van der Waals surface area contributed by atoms with Crippen molar-refractivity contribution in [3.05, 3.63) is 47.3 Å². The van der Waals surface area contributed by atoms with Gasteiger partial charge in [-0.15, -0.1) is 11.3 Å². The molecule has 0 bridgehead atoms. The first-order valence-corrected chi connectivity index (χ1v) is 12.8.